The largest absolute Gasteiger partial charge is 0.479 e. The van der Waals surface area contributed by atoms with Gasteiger partial charge in [0.1, 0.15) is 18.8 Å². The number of carboxylic acid groups (broad SMARTS) is 1. The van der Waals surface area contributed by atoms with Crippen molar-refractivity contribution in [2.75, 3.05) is 13.2 Å². The standard InChI is InChI=1S/C67H116O12/c1-4-7-10-13-16-19-22-24-26-28-30-32-34-36-39-41-44-47-50-53-59(68)75-56-58(77-60(69)54-51-48-45-42-38-21-18-15-12-9-6-3)57-76-67-65(63(72)62(71)64(79-67)66(73)74)78-61(70)55-52-49-46-43-40-37-35-33-31-29-27-25-23-20-17-14-11-8-5-2/h8,11,17,20,25,27,31,33,37,40,58,62-65,67,71-72H,4-7,9-10,12-16,18-19,21-24,26,28-30,32,34-36,38-39,41-57H2,1-3H3,(H,73,74)/b11-8-,20-17-,27-25-,33-31-,40-37-. The minimum Gasteiger partial charge on any atom is -0.479 e. The molecular weight excluding hydrogens is 997 g/mol. The third-order valence-corrected chi connectivity index (χ3v) is 14.6. The van der Waals surface area contributed by atoms with Crippen molar-refractivity contribution < 1.29 is 58.2 Å². The van der Waals surface area contributed by atoms with Crippen LogP contribution in [0.5, 0.6) is 0 Å². The smallest absolute Gasteiger partial charge is 0.335 e. The molecule has 12 nitrogen and oxygen atoms in total. The Labute approximate surface area is 481 Å². The lowest BCUT2D eigenvalue weighted by Crippen LogP contribution is -2.61. The molecule has 1 aliphatic rings. The van der Waals surface area contributed by atoms with Crippen molar-refractivity contribution in [2.24, 2.45) is 0 Å². The van der Waals surface area contributed by atoms with Gasteiger partial charge in [-0.15, -0.1) is 0 Å². The summed E-state index contributed by atoms with van der Waals surface area (Å²) in [6, 6.07) is 0. The molecule has 456 valence electrons. The molecule has 79 heavy (non-hydrogen) atoms. The van der Waals surface area contributed by atoms with Gasteiger partial charge in [0.2, 0.25) is 0 Å². The van der Waals surface area contributed by atoms with Gasteiger partial charge in [0, 0.05) is 19.3 Å². The molecule has 6 atom stereocenters. The molecule has 6 unspecified atom stereocenters. The average Bonchev–Trinajstić information content (AvgIpc) is 3.43. The van der Waals surface area contributed by atoms with Crippen LogP contribution in [-0.2, 0) is 42.9 Å². The summed E-state index contributed by atoms with van der Waals surface area (Å²) in [4.78, 5) is 51.2. The molecular formula is C67H116O12. The second kappa shape index (κ2) is 55.0. The number of carbonyl (C=O) groups excluding carboxylic acids is 3. The van der Waals surface area contributed by atoms with Crippen LogP contribution in [0.15, 0.2) is 60.8 Å². The maximum atomic E-state index is 13.1. The van der Waals surface area contributed by atoms with Gasteiger partial charge in [0.25, 0.3) is 0 Å². The maximum Gasteiger partial charge on any atom is 0.335 e. The first kappa shape index (κ1) is 73.4. The summed E-state index contributed by atoms with van der Waals surface area (Å²) in [6.45, 7) is 5.90. The van der Waals surface area contributed by atoms with E-state index >= 15 is 0 Å². The summed E-state index contributed by atoms with van der Waals surface area (Å²) in [5.41, 5.74) is 0. The van der Waals surface area contributed by atoms with E-state index in [-0.39, 0.29) is 25.9 Å². The molecule has 12 heteroatoms. The Kier molecular flexibility index (Phi) is 51.1. The number of hydrogen-bond acceptors (Lipinski definition) is 11. The van der Waals surface area contributed by atoms with Crippen molar-refractivity contribution in [2.45, 2.75) is 327 Å². The van der Waals surface area contributed by atoms with E-state index in [1.807, 2.05) is 0 Å². The third-order valence-electron chi connectivity index (χ3n) is 14.6. The number of aliphatic hydroxyl groups excluding tert-OH is 2. The molecule has 1 heterocycles. The summed E-state index contributed by atoms with van der Waals surface area (Å²) in [5, 5.41) is 31.5. The molecule has 0 amide bonds. The molecule has 0 aromatic heterocycles. The molecule has 0 aromatic carbocycles. The van der Waals surface area contributed by atoms with Crippen LogP contribution in [0.2, 0.25) is 0 Å². The molecule has 3 N–H and O–H groups in total. The Morgan fingerprint density at radius 3 is 1.22 bits per heavy atom. The normalized spacial score (nSPS) is 18.2. The summed E-state index contributed by atoms with van der Waals surface area (Å²) in [7, 11) is 0. The topological polar surface area (TPSA) is 175 Å². The van der Waals surface area contributed by atoms with Crippen molar-refractivity contribution in [3.63, 3.8) is 0 Å². The molecule has 0 bridgehead atoms. The Bertz CT molecular complexity index is 1600. The first-order valence-corrected chi connectivity index (χ1v) is 32.3. The monoisotopic (exact) mass is 1110 g/mol. The Morgan fingerprint density at radius 1 is 0.430 bits per heavy atom. The minimum absolute atomic E-state index is 0.0226. The van der Waals surface area contributed by atoms with E-state index < -0.39 is 67.3 Å². The van der Waals surface area contributed by atoms with Crippen LogP contribution in [0.25, 0.3) is 0 Å². The number of hydrogen-bond donors (Lipinski definition) is 3. The zero-order chi connectivity index (χ0) is 57.5. The molecule has 0 saturated carbocycles. The van der Waals surface area contributed by atoms with Crippen molar-refractivity contribution in [3.8, 4) is 0 Å². The highest BCUT2D eigenvalue weighted by Crippen LogP contribution is 2.27. The lowest BCUT2D eigenvalue weighted by Gasteiger charge is -2.40. The number of unbranched alkanes of at least 4 members (excludes halogenated alkanes) is 31. The van der Waals surface area contributed by atoms with Crippen molar-refractivity contribution in [1.82, 2.24) is 0 Å². The molecule has 0 radical (unpaired) electrons. The van der Waals surface area contributed by atoms with E-state index in [1.54, 1.807) is 0 Å². The summed E-state index contributed by atoms with van der Waals surface area (Å²) in [6.07, 6.45) is 56.2. The summed E-state index contributed by atoms with van der Waals surface area (Å²) in [5.74, 6) is -3.14. The lowest BCUT2D eigenvalue weighted by molar-refractivity contribution is -0.301. The van der Waals surface area contributed by atoms with Gasteiger partial charge in [-0.1, -0.05) is 268 Å². The second-order valence-electron chi connectivity index (χ2n) is 22.0. The number of esters is 3. The van der Waals surface area contributed by atoms with E-state index in [2.05, 4.69) is 81.5 Å². The third kappa shape index (κ3) is 44.7. The quantitative estimate of drug-likeness (QED) is 0.0228. The Hall–Kier alpha value is -3.58. The zero-order valence-corrected chi connectivity index (χ0v) is 50.4. The minimum atomic E-state index is -1.91. The molecule has 1 fully saturated rings. The molecule has 0 aliphatic carbocycles. The van der Waals surface area contributed by atoms with Gasteiger partial charge in [-0.2, -0.15) is 0 Å². The fraction of sp³-hybridized carbons (Fsp3) is 0.791. The zero-order valence-electron chi connectivity index (χ0n) is 50.4. The number of allylic oxidation sites excluding steroid dienone is 10. The van der Waals surface area contributed by atoms with Gasteiger partial charge in [0.05, 0.1) is 6.61 Å². The highest BCUT2D eigenvalue weighted by Gasteiger charge is 2.50. The van der Waals surface area contributed by atoms with Crippen LogP contribution < -0.4 is 0 Å². The summed E-state index contributed by atoms with van der Waals surface area (Å²) < 4.78 is 28.5. The van der Waals surface area contributed by atoms with E-state index in [0.29, 0.717) is 19.3 Å². The first-order valence-electron chi connectivity index (χ1n) is 32.3. The fourth-order valence-electron chi connectivity index (χ4n) is 9.69. The van der Waals surface area contributed by atoms with Gasteiger partial charge in [-0.25, -0.2) is 4.79 Å². The maximum absolute atomic E-state index is 13.1. The molecule has 1 aliphatic heterocycles. The molecule has 1 saturated heterocycles. The fourth-order valence-corrected chi connectivity index (χ4v) is 9.69. The second-order valence-corrected chi connectivity index (χ2v) is 22.0. The van der Waals surface area contributed by atoms with Crippen LogP contribution in [0.1, 0.15) is 290 Å². The van der Waals surface area contributed by atoms with E-state index in [9.17, 15) is 34.5 Å². The molecule has 0 spiro atoms. The number of carbonyl (C=O) groups is 4. The number of ether oxygens (including phenoxy) is 5. The Morgan fingerprint density at radius 2 is 0.797 bits per heavy atom. The predicted octanol–water partition coefficient (Wildman–Crippen LogP) is 17.1. The van der Waals surface area contributed by atoms with Crippen molar-refractivity contribution in [3.05, 3.63) is 60.8 Å². The van der Waals surface area contributed by atoms with Gasteiger partial charge in [0.15, 0.2) is 24.6 Å². The number of aliphatic hydroxyl groups is 2. The van der Waals surface area contributed by atoms with E-state index in [1.165, 1.54) is 141 Å². The van der Waals surface area contributed by atoms with Crippen LogP contribution in [0.3, 0.4) is 0 Å². The van der Waals surface area contributed by atoms with E-state index in [0.717, 1.165) is 89.9 Å². The SMILES string of the molecule is CC/C=C\C/C=C\C/C=C\C/C=C\C/C=C\CCCCCC(=O)OC1C(OCC(COC(=O)CCCCCCCCCCCCCCCCCCCCC)OC(=O)CCCCCCCCCCCCC)OC(C(=O)O)C(O)C1O. The first-order chi connectivity index (χ1) is 38.6. The predicted molar refractivity (Wildman–Crippen MR) is 322 cm³/mol. The average molecular weight is 1110 g/mol. The van der Waals surface area contributed by atoms with Crippen molar-refractivity contribution >= 4 is 23.9 Å². The number of rotatable bonds is 55. The van der Waals surface area contributed by atoms with Gasteiger partial charge in [-0.05, 0) is 64.2 Å². The Balaban J connectivity index is 2.63. The van der Waals surface area contributed by atoms with Gasteiger partial charge >= 0.3 is 23.9 Å². The van der Waals surface area contributed by atoms with Crippen LogP contribution >= 0.6 is 0 Å². The summed E-state index contributed by atoms with van der Waals surface area (Å²) >= 11 is 0. The molecule has 1 rings (SSSR count). The van der Waals surface area contributed by atoms with Gasteiger partial charge in [-0.3, -0.25) is 14.4 Å². The van der Waals surface area contributed by atoms with Crippen LogP contribution in [0, 0.1) is 0 Å². The van der Waals surface area contributed by atoms with Gasteiger partial charge < -0.3 is 39.0 Å². The highest BCUT2D eigenvalue weighted by atomic mass is 16.7. The number of aliphatic carboxylic acids is 1. The number of carboxylic acids is 1. The van der Waals surface area contributed by atoms with Crippen molar-refractivity contribution in [1.29, 1.82) is 0 Å². The highest BCUT2D eigenvalue weighted by molar-refractivity contribution is 5.74. The van der Waals surface area contributed by atoms with E-state index in [4.69, 9.17) is 23.7 Å². The van der Waals surface area contributed by atoms with Crippen LogP contribution in [-0.4, -0.2) is 89.2 Å². The molecule has 0 aromatic rings. The lowest BCUT2D eigenvalue weighted by atomic mass is 9.98. The van der Waals surface area contributed by atoms with Crippen LogP contribution in [0.4, 0.5) is 0 Å².